The van der Waals surface area contributed by atoms with Gasteiger partial charge in [-0.1, -0.05) is 54.0 Å². The van der Waals surface area contributed by atoms with Crippen molar-refractivity contribution in [2.24, 2.45) is 5.92 Å². The van der Waals surface area contributed by atoms with Gasteiger partial charge in [-0.3, -0.25) is 4.79 Å². The zero-order valence-corrected chi connectivity index (χ0v) is 14.1. The van der Waals surface area contributed by atoms with Crippen molar-refractivity contribution >= 4 is 27.8 Å². The van der Waals surface area contributed by atoms with Crippen molar-refractivity contribution in [3.05, 3.63) is 35.4 Å². The highest BCUT2D eigenvalue weighted by molar-refractivity contribution is 9.10. The third kappa shape index (κ3) is 3.28. The largest absolute Gasteiger partial charge is 0.467 e. The summed E-state index contributed by atoms with van der Waals surface area (Å²) in [5, 5.41) is 0. The van der Waals surface area contributed by atoms with Crippen LogP contribution in [0.15, 0.2) is 24.3 Å². The lowest BCUT2D eigenvalue weighted by molar-refractivity contribution is -0.154. The van der Waals surface area contributed by atoms with E-state index in [4.69, 9.17) is 4.74 Å². The quantitative estimate of drug-likeness (QED) is 0.619. The van der Waals surface area contributed by atoms with Gasteiger partial charge in [-0.2, -0.15) is 0 Å². The molecule has 0 bridgehead atoms. The monoisotopic (exact) mass is 353 g/mol. The predicted molar refractivity (Wildman–Crippen MR) is 84.1 cm³/mol. The number of alkyl halides is 1. The molecule has 21 heavy (non-hydrogen) atoms. The molecule has 114 valence electrons. The topological polar surface area (TPSA) is 46.6 Å². The Labute approximate surface area is 133 Å². The van der Waals surface area contributed by atoms with E-state index >= 15 is 0 Å². The van der Waals surface area contributed by atoms with E-state index in [0.29, 0.717) is 13.0 Å². The molecule has 0 radical (unpaired) electrons. The molecule has 2 unspecified atom stereocenters. The normalized spacial score (nSPS) is 19.1. The lowest BCUT2D eigenvalue weighted by atomic mass is 9.93. The van der Waals surface area contributed by atoms with Crippen LogP contribution in [0.5, 0.6) is 0 Å². The van der Waals surface area contributed by atoms with Crippen LogP contribution in [0.2, 0.25) is 0 Å². The van der Waals surface area contributed by atoms with Gasteiger partial charge in [-0.25, -0.2) is 4.79 Å². The number of methoxy groups -OCH3 is 1. The van der Waals surface area contributed by atoms with Crippen LogP contribution in [0.25, 0.3) is 0 Å². The number of amides is 1. The van der Waals surface area contributed by atoms with Gasteiger partial charge in [0, 0.05) is 13.0 Å². The number of carbonyl (C=O) groups is 2. The number of hydrogen-bond acceptors (Lipinski definition) is 3. The molecule has 0 saturated heterocycles. The fourth-order valence-corrected chi connectivity index (χ4v) is 2.81. The maximum Gasteiger partial charge on any atom is 0.328 e. The van der Waals surface area contributed by atoms with Crippen LogP contribution in [0.1, 0.15) is 25.0 Å². The van der Waals surface area contributed by atoms with Crippen LogP contribution in [0.3, 0.4) is 0 Å². The summed E-state index contributed by atoms with van der Waals surface area (Å²) in [5.74, 6) is -0.260. The Balaban J connectivity index is 2.32. The highest BCUT2D eigenvalue weighted by atomic mass is 79.9. The van der Waals surface area contributed by atoms with Crippen LogP contribution in [-0.2, 0) is 27.3 Å². The molecular formula is C16H20BrNO3. The molecule has 1 aliphatic rings. The van der Waals surface area contributed by atoms with Gasteiger partial charge >= 0.3 is 5.97 Å². The Hall–Kier alpha value is -1.36. The molecule has 0 N–H and O–H groups in total. The summed E-state index contributed by atoms with van der Waals surface area (Å²) >= 11 is 3.44. The van der Waals surface area contributed by atoms with E-state index in [1.807, 2.05) is 38.1 Å². The first kappa shape index (κ1) is 16.0. The summed E-state index contributed by atoms with van der Waals surface area (Å²) < 4.78 is 4.88. The van der Waals surface area contributed by atoms with E-state index in [9.17, 15) is 9.59 Å². The fraction of sp³-hybridized carbons (Fsp3) is 0.500. The molecule has 1 heterocycles. The highest BCUT2D eigenvalue weighted by Crippen LogP contribution is 2.27. The van der Waals surface area contributed by atoms with E-state index in [-0.39, 0.29) is 22.6 Å². The van der Waals surface area contributed by atoms with Gasteiger partial charge in [0.1, 0.15) is 6.04 Å². The van der Waals surface area contributed by atoms with Gasteiger partial charge < -0.3 is 9.64 Å². The smallest absolute Gasteiger partial charge is 0.328 e. The van der Waals surface area contributed by atoms with Crippen molar-refractivity contribution in [1.29, 1.82) is 0 Å². The van der Waals surface area contributed by atoms with E-state index < -0.39 is 6.04 Å². The van der Waals surface area contributed by atoms with Crippen molar-refractivity contribution in [3.8, 4) is 0 Å². The maximum atomic E-state index is 12.7. The highest BCUT2D eigenvalue weighted by Gasteiger charge is 2.37. The number of halogens is 1. The average molecular weight is 354 g/mol. The van der Waals surface area contributed by atoms with E-state index in [0.717, 1.165) is 11.1 Å². The Morgan fingerprint density at radius 1 is 1.29 bits per heavy atom. The molecule has 0 saturated carbocycles. The van der Waals surface area contributed by atoms with Crippen LogP contribution in [-0.4, -0.2) is 34.8 Å². The van der Waals surface area contributed by atoms with Crippen molar-refractivity contribution < 1.29 is 14.3 Å². The molecule has 4 nitrogen and oxygen atoms in total. The van der Waals surface area contributed by atoms with Crippen LogP contribution >= 0.6 is 15.9 Å². The summed E-state index contributed by atoms with van der Waals surface area (Å²) in [5.41, 5.74) is 2.20. The second-order valence-electron chi connectivity index (χ2n) is 5.62. The molecule has 1 aromatic carbocycles. The molecule has 0 spiro atoms. The van der Waals surface area contributed by atoms with Crippen molar-refractivity contribution in [2.45, 2.75) is 37.7 Å². The zero-order chi connectivity index (χ0) is 15.6. The number of hydrogen-bond donors (Lipinski definition) is 0. The van der Waals surface area contributed by atoms with Gasteiger partial charge in [0.25, 0.3) is 0 Å². The first-order valence-electron chi connectivity index (χ1n) is 7.04. The van der Waals surface area contributed by atoms with Gasteiger partial charge in [0.05, 0.1) is 11.9 Å². The van der Waals surface area contributed by atoms with Crippen LogP contribution < -0.4 is 0 Å². The molecular weight excluding hydrogens is 334 g/mol. The minimum Gasteiger partial charge on any atom is -0.467 e. The predicted octanol–water partition coefficient (Wildman–Crippen LogP) is 2.53. The Kier molecular flexibility index (Phi) is 5.04. The third-order valence-electron chi connectivity index (χ3n) is 3.83. The molecule has 5 heteroatoms. The molecule has 0 aromatic heterocycles. The Bertz CT molecular complexity index is 544. The number of carbonyl (C=O) groups excluding carboxylic acids is 2. The van der Waals surface area contributed by atoms with Crippen LogP contribution in [0.4, 0.5) is 0 Å². The summed E-state index contributed by atoms with van der Waals surface area (Å²) in [6, 6.07) is 7.36. The van der Waals surface area contributed by atoms with E-state index in [1.54, 1.807) is 4.90 Å². The van der Waals surface area contributed by atoms with Crippen LogP contribution in [0, 0.1) is 5.92 Å². The minimum atomic E-state index is -0.545. The molecule has 1 amide bonds. The van der Waals surface area contributed by atoms with Gasteiger partial charge in [-0.05, 0) is 17.0 Å². The summed E-state index contributed by atoms with van der Waals surface area (Å²) in [7, 11) is 1.36. The molecule has 2 atom stereocenters. The fourth-order valence-electron chi connectivity index (χ4n) is 2.54. The van der Waals surface area contributed by atoms with Crippen molar-refractivity contribution in [2.75, 3.05) is 7.11 Å². The van der Waals surface area contributed by atoms with E-state index in [1.165, 1.54) is 7.11 Å². The van der Waals surface area contributed by atoms with Crippen molar-refractivity contribution in [1.82, 2.24) is 4.90 Å². The number of rotatable bonds is 3. The molecule has 0 aliphatic carbocycles. The number of esters is 1. The maximum absolute atomic E-state index is 12.7. The van der Waals surface area contributed by atoms with Gasteiger partial charge in [0.15, 0.2) is 0 Å². The van der Waals surface area contributed by atoms with Crippen molar-refractivity contribution in [3.63, 3.8) is 0 Å². The minimum absolute atomic E-state index is 0.0603. The lowest BCUT2D eigenvalue weighted by Gasteiger charge is -2.36. The Morgan fingerprint density at radius 2 is 1.90 bits per heavy atom. The van der Waals surface area contributed by atoms with Gasteiger partial charge in [0.2, 0.25) is 5.91 Å². The molecule has 2 rings (SSSR count). The lowest BCUT2D eigenvalue weighted by Crippen LogP contribution is -2.52. The zero-order valence-electron chi connectivity index (χ0n) is 12.5. The molecule has 1 aliphatic heterocycles. The second kappa shape index (κ2) is 6.60. The molecule has 0 fully saturated rings. The number of benzene rings is 1. The second-order valence-corrected chi connectivity index (χ2v) is 6.61. The SMILES string of the molecule is COC(=O)C1Cc2ccccc2CN1C(=O)C(Br)C(C)C. The average Bonchev–Trinajstić information content (AvgIpc) is 2.51. The van der Waals surface area contributed by atoms with E-state index in [2.05, 4.69) is 15.9 Å². The molecule has 1 aromatic rings. The Morgan fingerprint density at radius 3 is 2.48 bits per heavy atom. The third-order valence-corrected chi connectivity index (χ3v) is 5.28. The summed E-state index contributed by atoms with van der Waals surface area (Å²) in [6.45, 7) is 4.40. The summed E-state index contributed by atoms with van der Waals surface area (Å²) in [4.78, 5) is 26.0. The van der Waals surface area contributed by atoms with Gasteiger partial charge in [-0.15, -0.1) is 0 Å². The number of nitrogens with zero attached hydrogens (tertiary/aromatic N) is 1. The number of ether oxygens (including phenoxy) is 1. The summed E-state index contributed by atoms with van der Waals surface area (Å²) in [6.07, 6.45) is 0.506. The first-order chi connectivity index (χ1) is 9.95. The first-order valence-corrected chi connectivity index (χ1v) is 7.96. The number of fused-ring (bicyclic) bond motifs is 1. The standard InChI is InChI=1S/C16H20BrNO3/c1-10(2)14(17)15(19)18-9-12-7-5-4-6-11(12)8-13(18)16(20)21-3/h4-7,10,13-14H,8-9H2,1-3H3.